The second-order valence-corrected chi connectivity index (χ2v) is 8.12. The van der Waals surface area contributed by atoms with Crippen molar-refractivity contribution in [3.8, 4) is 5.75 Å². The van der Waals surface area contributed by atoms with Crippen molar-refractivity contribution in [1.29, 1.82) is 0 Å². The van der Waals surface area contributed by atoms with Crippen LogP contribution in [0.2, 0.25) is 5.02 Å². The average Bonchev–Trinajstić information content (AvgIpc) is 3.23. The van der Waals surface area contributed by atoms with Crippen molar-refractivity contribution in [3.05, 3.63) is 87.2 Å². The minimum Gasteiger partial charge on any atom is -0.492 e. The summed E-state index contributed by atoms with van der Waals surface area (Å²) >= 11 is 7.58. The Morgan fingerprint density at radius 2 is 2.00 bits per heavy atom. The van der Waals surface area contributed by atoms with Crippen LogP contribution in [-0.4, -0.2) is 27.4 Å². The van der Waals surface area contributed by atoms with Gasteiger partial charge in [-0.3, -0.25) is 24.8 Å². The molecule has 4 rings (SSSR count). The lowest BCUT2D eigenvalue weighted by Gasteiger charge is -2.20. The molecule has 0 aliphatic rings. The Morgan fingerprint density at radius 3 is 2.72 bits per heavy atom. The van der Waals surface area contributed by atoms with Gasteiger partial charge in [0.25, 0.3) is 11.6 Å². The SMILES string of the molecule is CCOc1cccc2sc(N(Cc3ccncc3)C(=O)c3cc([N+](=O)[O-])ccc3Cl)nc12. The number of halogens is 1. The van der Waals surface area contributed by atoms with Crippen LogP contribution in [-0.2, 0) is 6.54 Å². The van der Waals surface area contributed by atoms with E-state index in [9.17, 15) is 14.9 Å². The standard InChI is InChI=1S/C22H17ClN4O4S/c1-2-31-18-4-3-5-19-20(18)25-22(32-19)26(13-14-8-10-24-11-9-14)21(28)16-12-15(27(29)30)6-7-17(16)23/h3-12H,2,13H2,1H3. The molecule has 4 aromatic rings. The zero-order valence-electron chi connectivity index (χ0n) is 16.9. The highest BCUT2D eigenvalue weighted by Crippen LogP contribution is 2.36. The molecule has 0 bridgehead atoms. The summed E-state index contributed by atoms with van der Waals surface area (Å²) in [7, 11) is 0. The van der Waals surface area contributed by atoms with Gasteiger partial charge in [0.2, 0.25) is 0 Å². The number of amides is 1. The molecular weight excluding hydrogens is 452 g/mol. The number of pyridine rings is 1. The Morgan fingerprint density at radius 1 is 1.22 bits per heavy atom. The van der Waals surface area contributed by atoms with Gasteiger partial charge in [-0.25, -0.2) is 4.98 Å². The summed E-state index contributed by atoms with van der Waals surface area (Å²) in [5.74, 6) is 0.129. The van der Waals surface area contributed by atoms with Crippen molar-refractivity contribution < 1.29 is 14.5 Å². The molecule has 8 nitrogen and oxygen atoms in total. The lowest BCUT2D eigenvalue weighted by atomic mass is 10.1. The monoisotopic (exact) mass is 468 g/mol. The topological polar surface area (TPSA) is 98.5 Å². The first-order valence-corrected chi connectivity index (χ1v) is 10.8. The quantitative estimate of drug-likeness (QED) is 0.262. The summed E-state index contributed by atoms with van der Waals surface area (Å²) in [5, 5.41) is 11.8. The molecule has 0 radical (unpaired) electrons. The van der Waals surface area contributed by atoms with Gasteiger partial charge in [0.05, 0.1) is 33.4 Å². The molecule has 1 amide bonds. The molecule has 0 spiro atoms. The van der Waals surface area contributed by atoms with E-state index >= 15 is 0 Å². The summed E-state index contributed by atoms with van der Waals surface area (Å²) in [6.07, 6.45) is 3.26. The van der Waals surface area contributed by atoms with E-state index in [1.807, 2.05) is 25.1 Å². The Hall–Kier alpha value is -3.56. The molecule has 0 N–H and O–H groups in total. The number of rotatable bonds is 7. The first kappa shape index (κ1) is 21.7. The van der Waals surface area contributed by atoms with Crippen LogP contribution in [0.4, 0.5) is 10.8 Å². The van der Waals surface area contributed by atoms with Crippen LogP contribution in [0.5, 0.6) is 5.75 Å². The van der Waals surface area contributed by atoms with E-state index < -0.39 is 10.8 Å². The van der Waals surface area contributed by atoms with E-state index in [-0.39, 0.29) is 22.8 Å². The Balaban J connectivity index is 1.82. The van der Waals surface area contributed by atoms with Crippen LogP contribution >= 0.6 is 22.9 Å². The Bertz CT molecular complexity index is 1300. The largest absolute Gasteiger partial charge is 0.492 e. The van der Waals surface area contributed by atoms with E-state index in [0.717, 1.165) is 10.3 Å². The van der Waals surface area contributed by atoms with Crippen LogP contribution in [0, 0.1) is 10.1 Å². The van der Waals surface area contributed by atoms with Gasteiger partial charge >= 0.3 is 0 Å². The fourth-order valence-corrected chi connectivity index (χ4v) is 4.31. The number of hydrogen-bond acceptors (Lipinski definition) is 7. The molecule has 0 fully saturated rings. The van der Waals surface area contributed by atoms with Crippen molar-refractivity contribution in [2.45, 2.75) is 13.5 Å². The Kier molecular flexibility index (Phi) is 6.29. The minimum absolute atomic E-state index is 0.0270. The van der Waals surface area contributed by atoms with E-state index in [1.54, 1.807) is 24.5 Å². The molecule has 10 heteroatoms. The number of para-hydroxylation sites is 1. The van der Waals surface area contributed by atoms with E-state index in [1.165, 1.54) is 34.4 Å². The van der Waals surface area contributed by atoms with Gasteiger partial charge in [-0.1, -0.05) is 29.0 Å². The maximum atomic E-state index is 13.6. The molecular formula is C22H17ClN4O4S. The summed E-state index contributed by atoms with van der Waals surface area (Å²) in [4.78, 5) is 34.4. The zero-order valence-corrected chi connectivity index (χ0v) is 18.5. The average molecular weight is 469 g/mol. The van der Waals surface area contributed by atoms with Gasteiger partial charge in [0.1, 0.15) is 11.3 Å². The molecule has 2 aromatic heterocycles. The van der Waals surface area contributed by atoms with Gasteiger partial charge < -0.3 is 4.74 Å². The summed E-state index contributed by atoms with van der Waals surface area (Å²) in [6, 6.07) is 12.9. The third-order valence-corrected chi connectivity index (χ3v) is 6.00. The Labute approximate surface area is 192 Å². The smallest absolute Gasteiger partial charge is 0.270 e. The number of nitro groups is 1. The van der Waals surface area contributed by atoms with E-state index in [4.69, 9.17) is 16.3 Å². The number of fused-ring (bicyclic) bond motifs is 1. The molecule has 32 heavy (non-hydrogen) atoms. The number of nitrogens with zero attached hydrogens (tertiary/aromatic N) is 4. The highest BCUT2D eigenvalue weighted by atomic mass is 35.5. The predicted octanol–water partition coefficient (Wildman–Crippen LogP) is 5.50. The highest BCUT2D eigenvalue weighted by molar-refractivity contribution is 7.22. The van der Waals surface area contributed by atoms with Crippen molar-refractivity contribution in [3.63, 3.8) is 0 Å². The van der Waals surface area contributed by atoms with Gasteiger partial charge in [-0.15, -0.1) is 0 Å². The minimum atomic E-state index is -0.563. The van der Waals surface area contributed by atoms with Gasteiger partial charge in [-0.2, -0.15) is 0 Å². The van der Waals surface area contributed by atoms with Crippen molar-refractivity contribution in [1.82, 2.24) is 9.97 Å². The summed E-state index contributed by atoms with van der Waals surface area (Å²) in [5.41, 5.74) is 1.27. The number of hydrogen-bond donors (Lipinski definition) is 0. The highest BCUT2D eigenvalue weighted by Gasteiger charge is 2.26. The van der Waals surface area contributed by atoms with Crippen LogP contribution in [0.15, 0.2) is 60.9 Å². The maximum Gasteiger partial charge on any atom is 0.270 e. The number of aromatic nitrogens is 2. The molecule has 0 saturated carbocycles. The molecule has 2 heterocycles. The fraction of sp³-hybridized carbons (Fsp3) is 0.136. The van der Waals surface area contributed by atoms with Gasteiger partial charge in [-0.05, 0) is 42.8 Å². The molecule has 0 unspecified atom stereocenters. The van der Waals surface area contributed by atoms with Crippen LogP contribution in [0.3, 0.4) is 0 Å². The second kappa shape index (κ2) is 9.29. The molecule has 2 aromatic carbocycles. The van der Waals surface area contributed by atoms with E-state index in [0.29, 0.717) is 23.0 Å². The number of thiazole rings is 1. The molecule has 162 valence electrons. The zero-order chi connectivity index (χ0) is 22.7. The number of carbonyl (C=O) groups excluding carboxylic acids is 1. The number of ether oxygens (including phenoxy) is 1. The van der Waals surface area contributed by atoms with Crippen molar-refractivity contribution in [2.24, 2.45) is 0 Å². The second-order valence-electron chi connectivity index (χ2n) is 6.70. The first-order chi connectivity index (χ1) is 15.5. The summed E-state index contributed by atoms with van der Waals surface area (Å²) < 4.78 is 6.52. The molecule has 0 saturated heterocycles. The lowest BCUT2D eigenvalue weighted by Crippen LogP contribution is -2.30. The predicted molar refractivity (Wildman–Crippen MR) is 124 cm³/mol. The van der Waals surface area contributed by atoms with Crippen molar-refractivity contribution in [2.75, 3.05) is 11.5 Å². The molecule has 0 aliphatic carbocycles. The molecule has 0 aliphatic heterocycles. The van der Waals surface area contributed by atoms with Crippen LogP contribution in [0.25, 0.3) is 10.2 Å². The van der Waals surface area contributed by atoms with Crippen molar-refractivity contribution >= 4 is 49.9 Å². The number of anilines is 1. The van der Waals surface area contributed by atoms with Gasteiger partial charge in [0, 0.05) is 24.5 Å². The summed E-state index contributed by atoms with van der Waals surface area (Å²) in [6.45, 7) is 2.55. The van der Waals surface area contributed by atoms with E-state index in [2.05, 4.69) is 9.97 Å². The molecule has 0 atom stereocenters. The third-order valence-electron chi connectivity index (χ3n) is 4.63. The first-order valence-electron chi connectivity index (χ1n) is 9.65. The number of non-ortho nitro benzene ring substituents is 1. The number of benzene rings is 2. The number of carbonyl (C=O) groups is 1. The lowest BCUT2D eigenvalue weighted by molar-refractivity contribution is -0.384. The number of nitro benzene ring substituents is 1. The normalized spacial score (nSPS) is 10.8. The van der Waals surface area contributed by atoms with Crippen LogP contribution in [0.1, 0.15) is 22.8 Å². The van der Waals surface area contributed by atoms with Gasteiger partial charge in [0.15, 0.2) is 5.13 Å². The fourth-order valence-electron chi connectivity index (χ4n) is 3.13. The van der Waals surface area contributed by atoms with Crippen LogP contribution < -0.4 is 9.64 Å². The maximum absolute atomic E-state index is 13.6. The third kappa shape index (κ3) is 4.39.